The van der Waals surface area contributed by atoms with Gasteiger partial charge in [0, 0.05) is 0 Å². The van der Waals surface area contributed by atoms with Crippen LogP contribution in [0.3, 0.4) is 0 Å². The molecule has 0 heterocycles. The van der Waals surface area contributed by atoms with Crippen LogP contribution < -0.4 is 0 Å². The Balaban J connectivity index is 0.000001000. The molecule has 1 N–H and O–H groups in total. The van der Waals surface area contributed by atoms with Crippen LogP contribution in [-0.2, 0) is 10.1 Å². The van der Waals surface area contributed by atoms with Crippen molar-refractivity contribution < 1.29 is 13.0 Å². The molecular formula is C6H8O3S2. The Kier molecular flexibility index (Phi) is 3.57. The van der Waals surface area contributed by atoms with E-state index in [1.165, 1.54) is 12.1 Å². The maximum atomic E-state index is 10.4. The van der Waals surface area contributed by atoms with Gasteiger partial charge in [0.15, 0.2) is 0 Å². The molecule has 0 unspecified atom stereocenters. The fourth-order valence-electron chi connectivity index (χ4n) is 0.592. The molecule has 0 bridgehead atoms. The van der Waals surface area contributed by atoms with Crippen LogP contribution >= 0.6 is 13.5 Å². The third-order valence-corrected chi connectivity index (χ3v) is 1.91. The molecule has 0 fully saturated rings. The average Bonchev–Trinajstić information content (AvgIpc) is 1.88. The first-order valence-electron chi connectivity index (χ1n) is 2.63. The van der Waals surface area contributed by atoms with E-state index in [9.17, 15) is 8.42 Å². The van der Waals surface area contributed by atoms with E-state index in [2.05, 4.69) is 0 Å². The molecule has 0 atom stereocenters. The van der Waals surface area contributed by atoms with Crippen LogP contribution in [0.2, 0.25) is 0 Å². The van der Waals surface area contributed by atoms with Gasteiger partial charge in [0.1, 0.15) is 0 Å². The number of benzene rings is 1. The smallest absolute Gasteiger partial charge is 0.282 e. The van der Waals surface area contributed by atoms with Crippen molar-refractivity contribution >= 4 is 23.6 Å². The molecule has 0 aliphatic heterocycles. The molecule has 1 aromatic rings. The van der Waals surface area contributed by atoms with Crippen LogP contribution in [0.1, 0.15) is 0 Å². The van der Waals surface area contributed by atoms with Crippen LogP contribution in [0.25, 0.3) is 0 Å². The van der Waals surface area contributed by atoms with E-state index in [1.54, 1.807) is 18.2 Å². The molecule has 0 aliphatic carbocycles. The quantitative estimate of drug-likeness (QED) is 0.676. The molecule has 0 saturated heterocycles. The molecule has 0 radical (unpaired) electrons. The van der Waals surface area contributed by atoms with Crippen LogP contribution in [0.5, 0.6) is 0 Å². The molecule has 0 aliphatic rings. The van der Waals surface area contributed by atoms with Crippen LogP contribution in [-0.4, -0.2) is 13.0 Å². The third kappa shape index (κ3) is 2.92. The van der Waals surface area contributed by atoms with Gasteiger partial charge >= 0.3 is 0 Å². The van der Waals surface area contributed by atoms with Crippen LogP contribution in [0, 0.1) is 0 Å². The van der Waals surface area contributed by atoms with Crippen LogP contribution in [0.15, 0.2) is 35.2 Å². The molecule has 1 rings (SSSR count). The standard InChI is InChI=1S/C6H6O3S.H2S/c7-10(8,9)6-4-2-1-3-5-6;/h1-5H,(H,7,8,9);1H2. The summed E-state index contributed by atoms with van der Waals surface area (Å²) in [6.45, 7) is 0. The van der Waals surface area contributed by atoms with E-state index in [4.69, 9.17) is 4.55 Å². The Morgan fingerprint density at radius 2 is 1.55 bits per heavy atom. The van der Waals surface area contributed by atoms with Gasteiger partial charge in [-0.2, -0.15) is 21.9 Å². The molecule has 0 aromatic heterocycles. The Morgan fingerprint density at radius 3 is 1.82 bits per heavy atom. The highest BCUT2D eigenvalue weighted by Gasteiger charge is 2.05. The SMILES string of the molecule is O=S(=O)(O)c1ccccc1.S. The lowest BCUT2D eigenvalue weighted by atomic mass is 10.4. The summed E-state index contributed by atoms with van der Waals surface area (Å²) in [7, 11) is -4.00. The first-order valence-corrected chi connectivity index (χ1v) is 4.07. The largest absolute Gasteiger partial charge is 0.294 e. The first-order chi connectivity index (χ1) is 4.61. The zero-order valence-electron chi connectivity index (χ0n) is 5.56. The van der Waals surface area contributed by atoms with Gasteiger partial charge in [-0.05, 0) is 12.1 Å². The lowest BCUT2D eigenvalue weighted by molar-refractivity contribution is 0.483. The summed E-state index contributed by atoms with van der Waals surface area (Å²) in [5, 5.41) is 0. The summed E-state index contributed by atoms with van der Waals surface area (Å²) < 4.78 is 29.2. The Labute approximate surface area is 72.3 Å². The topological polar surface area (TPSA) is 54.4 Å². The molecule has 5 heteroatoms. The van der Waals surface area contributed by atoms with Gasteiger partial charge in [-0.1, -0.05) is 18.2 Å². The summed E-state index contributed by atoms with van der Waals surface area (Å²) in [6, 6.07) is 7.42. The summed E-state index contributed by atoms with van der Waals surface area (Å²) in [6.07, 6.45) is 0. The van der Waals surface area contributed by atoms with Gasteiger partial charge < -0.3 is 0 Å². The minimum atomic E-state index is -4.00. The second-order valence-electron chi connectivity index (χ2n) is 1.79. The number of rotatable bonds is 1. The van der Waals surface area contributed by atoms with Crippen LogP contribution in [0.4, 0.5) is 0 Å². The predicted octanol–water partition coefficient (Wildman–Crippen LogP) is 1.05. The summed E-state index contributed by atoms with van der Waals surface area (Å²) >= 11 is 0. The van der Waals surface area contributed by atoms with Crippen molar-refractivity contribution in [3.05, 3.63) is 30.3 Å². The molecule has 62 valence electrons. The van der Waals surface area contributed by atoms with E-state index >= 15 is 0 Å². The average molecular weight is 192 g/mol. The van der Waals surface area contributed by atoms with Crippen molar-refractivity contribution in [1.82, 2.24) is 0 Å². The van der Waals surface area contributed by atoms with Crippen molar-refractivity contribution in [2.45, 2.75) is 4.90 Å². The number of hydrogen-bond acceptors (Lipinski definition) is 2. The monoisotopic (exact) mass is 192 g/mol. The Hall–Kier alpha value is -0.520. The Morgan fingerprint density at radius 1 is 1.09 bits per heavy atom. The zero-order valence-corrected chi connectivity index (χ0v) is 7.38. The van der Waals surface area contributed by atoms with Crippen molar-refractivity contribution in [2.75, 3.05) is 0 Å². The van der Waals surface area contributed by atoms with Crippen molar-refractivity contribution in [1.29, 1.82) is 0 Å². The lowest BCUT2D eigenvalue weighted by Gasteiger charge is -1.92. The van der Waals surface area contributed by atoms with E-state index in [1.807, 2.05) is 0 Å². The molecule has 11 heavy (non-hydrogen) atoms. The molecule has 1 aromatic carbocycles. The number of hydrogen-bond donors (Lipinski definition) is 1. The second kappa shape index (κ2) is 3.75. The van der Waals surface area contributed by atoms with E-state index in [-0.39, 0.29) is 18.4 Å². The minimum Gasteiger partial charge on any atom is -0.282 e. The zero-order chi connectivity index (χ0) is 7.61. The van der Waals surface area contributed by atoms with Gasteiger partial charge in [-0.15, -0.1) is 0 Å². The molecule has 0 amide bonds. The highest BCUT2D eigenvalue weighted by Crippen LogP contribution is 2.05. The van der Waals surface area contributed by atoms with Gasteiger partial charge in [0.05, 0.1) is 4.90 Å². The van der Waals surface area contributed by atoms with E-state index < -0.39 is 10.1 Å². The fraction of sp³-hybridized carbons (Fsp3) is 0. The molecule has 0 spiro atoms. The lowest BCUT2D eigenvalue weighted by Crippen LogP contribution is -1.96. The summed E-state index contributed by atoms with van der Waals surface area (Å²) in [5.41, 5.74) is 0. The second-order valence-corrected chi connectivity index (χ2v) is 3.21. The summed E-state index contributed by atoms with van der Waals surface area (Å²) in [4.78, 5) is -0.0741. The summed E-state index contributed by atoms with van der Waals surface area (Å²) in [5.74, 6) is 0. The fourth-order valence-corrected chi connectivity index (χ4v) is 1.09. The van der Waals surface area contributed by atoms with Gasteiger partial charge in [0.25, 0.3) is 10.1 Å². The highest BCUT2D eigenvalue weighted by atomic mass is 32.2. The van der Waals surface area contributed by atoms with E-state index in [0.29, 0.717) is 0 Å². The van der Waals surface area contributed by atoms with Crippen molar-refractivity contribution in [3.63, 3.8) is 0 Å². The maximum absolute atomic E-state index is 10.4. The molecular weight excluding hydrogens is 184 g/mol. The molecule has 0 saturated carbocycles. The van der Waals surface area contributed by atoms with Crippen molar-refractivity contribution in [3.8, 4) is 0 Å². The van der Waals surface area contributed by atoms with Gasteiger partial charge in [-0.25, -0.2) is 0 Å². The van der Waals surface area contributed by atoms with Gasteiger partial charge in [0.2, 0.25) is 0 Å². The normalized spacial score (nSPS) is 10.3. The van der Waals surface area contributed by atoms with Crippen molar-refractivity contribution in [2.24, 2.45) is 0 Å². The van der Waals surface area contributed by atoms with E-state index in [0.717, 1.165) is 0 Å². The Bertz CT molecular complexity index is 304. The first kappa shape index (κ1) is 10.5. The van der Waals surface area contributed by atoms with Gasteiger partial charge in [-0.3, -0.25) is 4.55 Å². The maximum Gasteiger partial charge on any atom is 0.294 e. The minimum absolute atomic E-state index is 0. The molecule has 3 nitrogen and oxygen atoms in total. The third-order valence-electron chi connectivity index (χ3n) is 1.04. The highest BCUT2D eigenvalue weighted by molar-refractivity contribution is 7.85. The predicted molar refractivity (Wildman–Crippen MR) is 46.6 cm³/mol.